The fraction of sp³-hybridized carbons (Fsp3) is 0.684. The van der Waals surface area contributed by atoms with Gasteiger partial charge in [-0.1, -0.05) is 0 Å². The second kappa shape index (κ2) is 10.1. The maximum absolute atomic E-state index is 13.0. The molecule has 2 aliphatic heterocycles. The van der Waals surface area contributed by atoms with Crippen molar-refractivity contribution in [2.24, 2.45) is 4.99 Å². The van der Waals surface area contributed by atoms with E-state index in [-0.39, 0.29) is 13.2 Å². The summed E-state index contributed by atoms with van der Waals surface area (Å²) < 4.78 is 49.7. The summed E-state index contributed by atoms with van der Waals surface area (Å²) in [6, 6.07) is 2.68. The van der Waals surface area contributed by atoms with Crippen LogP contribution in [0.25, 0.3) is 0 Å². The number of aromatic nitrogens is 1. The standard InChI is InChI=1S/C19H28F3N5O2/c1-2-23-18(27-8-5-15(14-27)26-9-12-28-13-10-26)25-7-11-29-17-16(19(20,21)22)4-3-6-24-17/h3-4,6,15H,2,5,7-14H2,1H3,(H,23,25). The molecule has 0 spiro atoms. The number of rotatable bonds is 6. The van der Waals surface area contributed by atoms with Gasteiger partial charge in [-0.05, 0) is 25.5 Å². The van der Waals surface area contributed by atoms with Gasteiger partial charge in [0.15, 0.2) is 5.96 Å². The van der Waals surface area contributed by atoms with E-state index in [9.17, 15) is 13.2 Å². The topological polar surface area (TPSA) is 62.2 Å². The number of nitrogens with one attached hydrogen (secondary N) is 1. The van der Waals surface area contributed by atoms with Crippen LogP contribution in [0.1, 0.15) is 18.9 Å². The van der Waals surface area contributed by atoms with Gasteiger partial charge in [0.25, 0.3) is 0 Å². The number of morpholine rings is 1. The second-order valence-corrected chi connectivity index (χ2v) is 6.97. The molecule has 0 bridgehead atoms. The van der Waals surface area contributed by atoms with E-state index in [1.165, 1.54) is 12.3 Å². The van der Waals surface area contributed by atoms with Crippen molar-refractivity contribution in [3.05, 3.63) is 23.9 Å². The molecule has 1 atom stereocenters. The highest BCUT2D eigenvalue weighted by Gasteiger charge is 2.35. The number of hydrogen-bond acceptors (Lipinski definition) is 5. The number of pyridine rings is 1. The van der Waals surface area contributed by atoms with E-state index >= 15 is 0 Å². The van der Waals surface area contributed by atoms with Gasteiger partial charge in [0.2, 0.25) is 5.88 Å². The van der Waals surface area contributed by atoms with Crippen LogP contribution in [-0.4, -0.2) is 85.9 Å². The highest BCUT2D eigenvalue weighted by atomic mass is 19.4. The lowest BCUT2D eigenvalue weighted by Crippen LogP contribution is -2.46. The van der Waals surface area contributed by atoms with Gasteiger partial charge in [-0.2, -0.15) is 13.2 Å². The Hall–Kier alpha value is -2.07. The minimum absolute atomic E-state index is 0.0235. The third-order valence-corrected chi connectivity index (χ3v) is 5.03. The maximum Gasteiger partial charge on any atom is 0.421 e. The van der Waals surface area contributed by atoms with E-state index in [4.69, 9.17) is 9.47 Å². The number of hydrogen-bond donors (Lipinski definition) is 1. The molecule has 0 aliphatic carbocycles. The van der Waals surface area contributed by atoms with E-state index in [0.29, 0.717) is 6.04 Å². The van der Waals surface area contributed by atoms with E-state index in [1.807, 2.05) is 6.92 Å². The first-order chi connectivity index (χ1) is 14.0. The van der Waals surface area contributed by atoms with Gasteiger partial charge in [0.05, 0.1) is 19.8 Å². The Morgan fingerprint density at radius 1 is 1.34 bits per heavy atom. The molecule has 1 aromatic rings. The molecule has 1 N–H and O–H groups in total. The van der Waals surface area contributed by atoms with Gasteiger partial charge >= 0.3 is 6.18 Å². The molecule has 0 radical (unpaired) electrons. The number of likely N-dealkylation sites (tertiary alicyclic amines) is 1. The van der Waals surface area contributed by atoms with Gasteiger partial charge in [-0.3, -0.25) is 4.90 Å². The molecular formula is C19H28F3N5O2. The van der Waals surface area contributed by atoms with Gasteiger partial charge in [0, 0.05) is 45.0 Å². The Labute approximate surface area is 168 Å². The van der Waals surface area contributed by atoms with Gasteiger partial charge in [-0.15, -0.1) is 0 Å². The Morgan fingerprint density at radius 3 is 2.86 bits per heavy atom. The van der Waals surface area contributed by atoms with Crippen LogP contribution in [0, 0.1) is 0 Å². The van der Waals surface area contributed by atoms with E-state index in [0.717, 1.165) is 64.4 Å². The Bertz CT molecular complexity index is 680. The normalized spacial score (nSPS) is 21.4. The summed E-state index contributed by atoms with van der Waals surface area (Å²) in [5.41, 5.74) is -0.871. The predicted molar refractivity (Wildman–Crippen MR) is 103 cm³/mol. The third kappa shape index (κ3) is 5.96. The summed E-state index contributed by atoms with van der Waals surface area (Å²) in [5.74, 6) is 0.359. The average Bonchev–Trinajstić information content (AvgIpc) is 3.21. The van der Waals surface area contributed by atoms with Gasteiger partial charge in [-0.25, -0.2) is 9.98 Å². The summed E-state index contributed by atoms with van der Waals surface area (Å²) in [4.78, 5) is 12.9. The molecule has 2 fully saturated rings. The molecule has 0 aromatic carbocycles. The number of aliphatic imine (C=N–C) groups is 1. The third-order valence-electron chi connectivity index (χ3n) is 5.03. The fourth-order valence-corrected chi connectivity index (χ4v) is 3.62. The van der Waals surface area contributed by atoms with Crippen molar-refractivity contribution in [2.75, 3.05) is 59.1 Å². The molecule has 7 nitrogen and oxygen atoms in total. The molecule has 3 rings (SSSR count). The van der Waals surface area contributed by atoms with Crippen molar-refractivity contribution in [2.45, 2.75) is 25.6 Å². The molecule has 10 heteroatoms. The minimum atomic E-state index is -4.49. The minimum Gasteiger partial charge on any atom is -0.475 e. The lowest BCUT2D eigenvalue weighted by Gasteiger charge is -2.32. The number of guanidine groups is 1. The Balaban J connectivity index is 1.54. The van der Waals surface area contributed by atoms with Crippen LogP contribution >= 0.6 is 0 Å². The lowest BCUT2D eigenvalue weighted by molar-refractivity contribution is -0.139. The zero-order chi connectivity index (χ0) is 20.7. The maximum atomic E-state index is 13.0. The average molecular weight is 415 g/mol. The molecule has 0 saturated carbocycles. The predicted octanol–water partition coefficient (Wildman–Crippen LogP) is 1.85. The van der Waals surface area contributed by atoms with Crippen molar-refractivity contribution >= 4 is 5.96 Å². The zero-order valence-corrected chi connectivity index (χ0v) is 16.6. The molecule has 3 heterocycles. The first kappa shape index (κ1) is 21.6. The van der Waals surface area contributed by atoms with Crippen LogP contribution in [0.5, 0.6) is 5.88 Å². The number of alkyl halides is 3. The van der Waals surface area contributed by atoms with E-state index in [2.05, 4.69) is 25.1 Å². The SMILES string of the molecule is CCNC(=NCCOc1ncccc1C(F)(F)F)N1CCC(N2CCOCC2)C1. The van der Waals surface area contributed by atoms with Crippen molar-refractivity contribution in [3.63, 3.8) is 0 Å². The monoisotopic (exact) mass is 415 g/mol. The molecule has 2 aliphatic rings. The second-order valence-electron chi connectivity index (χ2n) is 6.97. The summed E-state index contributed by atoms with van der Waals surface area (Å²) in [7, 11) is 0. The summed E-state index contributed by atoms with van der Waals surface area (Å²) in [5, 5.41) is 3.26. The Morgan fingerprint density at radius 2 is 2.14 bits per heavy atom. The quantitative estimate of drug-likeness (QED) is 0.435. The van der Waals surface area contributed by atoms with Crippen LogP contribution in [0.2, 0.25) is 0 Å². The molecular weight excluding hydrogens is 387 g/mol. The molecule has 29 heavy (non-hydrogen) atoms. The van der Waals surface area contributed by atoms with Gasteiger partial charge in [0.1, 0.15) is 12.2 Å². The highest BCUT2D eigenvalue weighted by Crippen LogP contribution is 2.34. The fourth-order valence-electron chi connectivity index (χ4n) is 3.62. The van der Waals surface area contributed by atoms with E-state index in [1.54, 1.807) is 0 Å². The van der Waals surface area contributed by atoms with Crippen LogP contribution in [0.15, 0.2) is 23.3 Å². The van der Waals surface area contributed by atoms with E-state index < -0.39 is 17.6 Å². The smallest absolute Gasteiger partial charge is 0.421 e. The lowest BCUT2D eigenvalue weighted by atomic mass is 10.2. The first-order valence-corrected chi connectivity index (χ1v) is 9.99. The van der Waals surface area contributed by atoms with Crippen LogP contribution in [0.3, 0.4) is 0 Å². The summed E-state index contributed by atoms with van der Waals surface area (Å²) in [6.07, 6.45) is -2.15. The Kier molecular flexibility index (Phi) is 7.54. The summed E-state index contributed by atoms with van der Waals surface area (Å²) >= 11 is 0. The number of halogens is 3. The highest BCUT2D eigenvalue weighted by molar-refractivity contribution is 5.80. The van der Waals surface area contributed by atoms with Crippen molar-refractivity contribution in [1.82, 2.24) is 20.1 Å². The number of nitrogens with zero attached hydrogens (tertiary/aromatic N) is 4. The zero-order valence-electron chi connectivity index (χ0n) is 16.6. The van der Waals surface area contributed by atoms with Crippen LogP contribution in [0.4, 0.5) is 13.2 Å². The first-order valence-electron chi connectivity index (χ1n) is 9.99. The van der Waals surface area contributed by atoms with Crippen molar-refractivity contribution in [1.29, 1.82) is 0 Å². The molecule has 2 saturated heterocycles. The van der Waals surface area contributed by atoms with Crippen LogP contribution in [-0.2, 0) is 10.9 Å². The van der Waals surface area contributed by atoms with Crippen molar-refractivity contribution in [3.8, 4) is 5.88 Å². The molecule has 1 aromatic heterocycles. The van der Waals surface area contributed by atoms with Crippen LogP contribution < -0.4 is 10.1 Å². The van der Waals surface area contributed by atoms with Gasteiger partial charge < -0.3 is 19.7 Å². The van der Waals surface area contributed by atoms with Crippen molar-refractivity contribution < 1.29 is 22.6 Å². The molecule has 1 unspecified atom stereocenters. The molecule has 162 valence electrons. The summed E-state index contributed by atoms with van der Waals surface area (Å²) in [6.45, 7) is 8.20. The largest absolute Gasteiger partial charge is 0.475 e. The number of ether oxygens (including phenoxy) is 2. The molecule has 0 amide bonds.